The van der Waals surface area contributed by atoms with Crippen LogP contribution < -0.4 is 0 Å². The third-order valence-electron chi connectivity index (χ3n) is 10.6. The standard InChI is InChI=1S/C34H41NO2/c1-32(2)18-10-19-33(3)28(32)17-20-34(21-22-34)29(33)16-15-26-27(23-37-31(26)36)35-30(24-11-6-4-7-12-24)25-13-8-5-9-14-25/h4-9,11-15,27-29H,10,16-23H2,1-3H3/b26-15-/t27-,28+,29-,33+/m1/s1. The Morgan fingerprint density at radius 1 is 0.919 bits per heavy atom. The summed E-state index contributed by atoms with van der Waals surface area (Å²) in [4.78, 5) is 18.2. The summed E-state index contributed by atoms with van der Waals surface area (Å²) in [6.07, 6.45) is 12.7. The van der Waals surface area contributed by atoms with Crippen LogP contribution in [0.1, 0.15) is 83.3 Å². The molecule has 1 aliphatic heterocycles. The van der Waals surface area contributed by atoms with Gasteiger partial charge in [-0.25, -0.2) is 4.79 Å². The average Bonchev–Trinajstić information content (AvgIpc) is 3.57. The number of fused-ring (bicyclic) bond motifs is 1. The summed E-state index contributed by atoms with van der Waals surface area (Å²) in [5.41, 5.74) is 5.08. The second-order valence-electron chi connectivity index (χ2n) is 13.1. The van der Waals surface area contributed by atoms with Crippen LogP contribution in [0.25, 0.3) is 0 Å². The zero-order valence-corrected chi connectivity index (χ0v) is 22.7. The summed E-state index contributed by atoms with van der Waals surface area (Å²) in [6.45, 7) is 7.93. The van der Waals surface area contributed by atoms with Crippen LogP contribution in [0, 0.1) is 28.1 Å². The molecule has 3 heteroatoms. The van der Waals surface area contributed by atoms with Gasteiger partial charge in [0.15, 0.2) is 0 Å². The van der Waals surface area contributed by atoms with Gasteiger partial charge in [-0.1, -0.05) is 93.9 Å². The normalized spacial score (nSPS) is 32.6. The molecular formula is C34H41NO2. The van der Waals surface area contributed by atoms with Gasteiger partial charge in [0.25, 0.3) is 0 Å². The maximum absolute atomic E-state index is 13.0. The second-order valence-corrected chi connectivity index (χ2v) is 13.1. The number of aliphatic imine (C=N–C) groups is 1. The summed E-state index contributed by atoms with van der Waals surface area (Å²) < 4.78 is 5.61. The Labute approximate surface area is 222 Å². The van der Waals surface area contributed by atoms with Crippen molar-refractivity contribution >= 4 is 11.7 Å². The van der Waals surface area contributed by atoms with E-state index in [1.54, 1.807) is 0 Å². The molecule has 1 spiro atoms. The van der Waals surface area contributed by atoms with E-state index in [9.17, 15) is 4.79 Å². The summed E-state index contributed by atoms with van der Waals surface area (Å²) in [6, 6.07) is 20.3. The van der Waals surface area contributed by atoms with Gasteiger partial charge >= 0.3 is 5.97 Å². The number of rotatable bonds is 5. The van der Waals surface area contributed by atoms with Gasteiger partial charge in [0.1, 0.15) is 12.6 Å². The monoisotopic (exact) mass is 495 g/mol. The van der Waals surface area contributed by atoms with E-state index in [2.05, 4.69) is 51.1 Å². The predicted molar refractivity (Wildman–Crippen MR) is 150 cm³/mol. The van der Waals surface area contributed by atoms with E-state index in [0.29, 0.717) is 28.8 Å². The molecule has 0 aromatic heterocycles. The van der Waals surface area contributed by atoms with Gasteiger partial charge in [-0.3, -0.25) is 4.99 Å². The molecule has 1 heterocycles. The molecular weight excluding hydrogens is 454 g/mol. The molecule has 6 rings (SSSR count). The molecule has 3 saturated carbocycles. The maximum atomic E-state index is 13.0. The minimum atomic E-state index is -0.256. The van der Waals surface area contributed by atoms with Gasteiger partial charge in [-0.2, -0.15) is 0 Å². The molecule has 4 fully saturated rings. The molecule has 37 heavy (non-hydrogen) atoms. The SMILES string of the molecule is CC1(C)CCC[C@@]2(C)[C@H]1CCC1(CC1)[C@@H]2C/C=C1\C(=O)OC[C@H]1N=C(c1ccccc1)c1ccccc1. The van der Waals surface area contributed by atoms with Gasteiger partial charge in [-0.05, 0) is 73.0 Å². The summed E-state index contributed by atoms with van der Waals surface area (Å²) >= 11 is 0. The predicted octanol–water partition coefficient (Wildman–Crippen LogP) is 7.79. The molecule has 0 N–H and O–H groups in total. The minimum absolute atomic E-state index is 0.180. The van der Waals surface area contributed by atoms with Gasteiger partial charge in [0, 0.05) is 11.1 Å². The number of hydrogen-bond acceptors (Lipinski definition) is 3. The van der Waals surface area contributed by atoms with Crippen LogP contribution in [0.2, 0.25) is 0 Å². The second kappa shape index (κ2) is 9.26. The Kier molecular flexibility index (Phi) is 6.17. The molecule has 3 aliphatic carbocycles. The lowest BCUT2D eigenvalue weighted by atomic mass is 9.45. The zero-order chi connectivity index (χ0) is 25.7. The van der Waals surface area contributed by atoms with Crippen molar-refractivity contribution in [1.82, 2.24) is 0 Å². The van der Waals surface area contributed by atoms with Gasteiger partial charge < -0.3 is 4.74 Å². The lowest BCUT2D eigenvalue weighted by molar-refractivity contribution is -0.135. The number of cyclic esters (lactones) is 1. The van der Waals surface area contributed by atoms with Crippen LogP contribution in [0.4, 0.5) is 0 Å². The number of hydrogen-bond donors (Lipinski definition) is 0. The largest absolute Gasteiger partial charge is 0.460 e. The highest BCUT2D eigenvalue weighted by Gasteiger charge is 2.63. The van der Waals surface area contributed by atoms with Crippen molar-refractivity contribution in [3.63, 3.8) is 0 Å². The van der Waals surface area contributed by atoms with Crippen LogP contribution in [-0.2, 0) is 9.53 Å². The Morgan fingerprint density at radius 3 is 2.19 bits per heavy atom. The van der Waals surface area contributed by atoms with Crippen molar-refractivity contribution in [2.75, 3.05) is 6.61 Å². The van der Waals surface area contributed by atoms with Gasteiger partial charge in [0.05, 0.1) is 11.3 Å². The first-order chi connectivity index (χ1) is 17.8. The molecule has 2 aromatic rings. The first kappa shape index (κ1) is 24.6. The number of allylic oxidation sites excluding steroid dienone is 1. The smallest absolute Gasteiger partial charge is 0.336 e. The Hall–Kier alpha value is -2.68. The number of ether oxygens (including phenoxy) is 1. The van der Waals surface area contributed by atoms with E-state index >= 15 is 0 Å². The molecule has 0 bridgehead atoms. The van der Waals surface area contributed by atoms with Crippen LogP contribution in [0.3, 0.4) is 0 Å². The fourth-order valence-electron chi connectivity index (χ4n) is 8.59. The van der Waals surface area contributed by atoms with Crippen molar-refractivity contribution in [3.05, 3.63) is 83.4 Å². The highest BCUT2D eigenvalue weighted by Crippen LogP contribution is 2.72. The van der Waals surface area contributed by atoms with Crippen molar-refractivity contribution in [2.45, 2.75) is 78.2 Å². The van der Waals surface area contributed by atoms with Crippen molar-refractivity contribution in [3.8, 4) is 0 Å². The van der Waals surface area contributed by atoms with Crippen LogP contribution >= 0.6 is 0 Å². The number of nitrogens with zero attached hydrogens (tertiary/aromatic N) is 1. The number of carbonyl (C=O) groups is 1. The molecule has 0 amide bonds. The maximum Gasteiger partial charge on any atom is 0.336 e. The molecule has 2 aromatic carbocycles. The van der Waals surface area contributed by atoms with E-state index < -0.39 is 0 Å². The van der Waals surface area contributed by atoms with E-state index in [1.807, 2.05) is 36.4 Å². The van der Waals surface area contributed by atoms with E-state index in [4.69, 9.17) is 9.73 Å². The molecule has 0 radical (unpaired) electrons. The van der Waals surface area contributed by atoms with E-state index in [0.717, 1.165) is 34.8 Å². The quantitative estimate of drug-likeness (QED) is 0.241. The highest BCUT2D eigenvalue weighted by molar-refractivity contribution is 6.13. The first-order valence-electron chi connectivity index (χ1n) is 14.4. The molecule has 0 unspecified atom stereocenters. The van der Waals surface area contributed by atoms with Crippen molar-refractivity contribution in [1.29, 1.82) is 0 Å². The number of benzene rings is 2. The highest BCUT2D eigenvalue weighted by atomic mass is 16.5. The fraction of sp³-hybridized carbons (Fsp3) is 0.529. The van der Waals surface area contributed by atoms with Crippen molar-refractivity contribution < 1.29 is 9.53 Å². The minimum Gasteiger partial charge on any atom is -0.460 e. The average molecular weight is 496 g/mol. The Morgan fingerprint density at radius 2 is 1.57 bits per heavy atom. The Balaban J connectivity index is 1.33. The van der Waals surface area contributed by atoms with E-state index in [-0.39, 0.29) is 12.0 Å². The fourth-order valence-corrected chi connectivity index (χ4v) is 8.59. The van der Waals surface area contributed by atoms with Gasteiger partial charge in [0.2, 0.25) is 0 Å². The van der Waals surface area contributed by atoms with Gasteiger partial charge in [-0.15, -0.1) is 0 Å². The van der Waals surface area contributed by atoms with Crippen LogP contribution in [-0.4, -0.2) is 24.3 Å². The third kappa shape index (κ3) is 4.39. The molecule has 3 nitrogen and oxygen atoms in total. The van der Waals surface area contributed by atoms with Crippen molar-refractivity contribution in [2.24, 2.45) is 33.1 Å². The summed E-state index contributed by atoms with van der Waals surface area (Å²) in [7, 11) is 0. The molecule has 4 atom stereocenters. The first-order valence-corrected chi connectivity index (χ1v) is 14.4. The zero-order valence-electron chi connectivity index (χ0n) is 22.7. The molecule has 194 valence electrons. The molecule has 1 saturated heterocycles. The third-order valence-corrected chi connectivity index (χ3v) is 10.6. The lowest BCUT2D eigenvalue weighted by Crippen LogP contribution is -2.52. The van der Waals surface area contributed by atoms with Crippen LogP contribution in [0.15, 0.2) is 77.3 Å². The van der Waals surface area contributed by atoms with Crippen LogP contribution in [0.5, 0.6) is 0 Å². The topological polar surface area (TPSA) is 38.7 Å². The molecule has 4 aliphatic rings. The lowest BCUT2D eigenvalue weighted by Gasteiger charge is -2.60. The number of esters is 1. The Bertz CT molecular complexity index is 1170. The summed E-state index contributed by atoms with van der Waals surface area (Å²) in [5, 5.41) is 0. The van der Waals surface area contributed by atoms with E-state index in [1.165, 1.54) is 44.9 Å². The number of carbonyl (C=O) groups excluding carboxylic acids is 1. The summed E-state index contributed by atoms with van der Waals surface area (Å²) in [5.74, 6) is 1.24.